The summed E-state index contributed by atoms with van der Waals surface area (Å²) in [5, 5.41) is 0. The minimum atomic E-state index is -1.07. The number of ether oxygens (including phenoxy) is 1. The predicted molar refractivity (Wildman–Crippen MR) is 84.9 cm³/mol. The van der Waals surface area contributed by atoms with Crippen LogP contribution < -0.4 is 9.46 Å². The van der Waals surface area contributed by atoms with Crippen LogP contribution in [0.2, 0.25) is 0 Å². The summed E-state index contributed by atoms with van der Waals surface area (Å²) in [6.45, 7) is 6.40. The van der Waals surface area contributed by atoms with Crippen molar-refractivity contribution in [3.05, 3.63) is 28.0 Å². The quantitative estimate of drug-likeness (QED) is 0.618. The Balaban J connectivity index is 2.49. The van der Waals surface area contributed by atoms with E-state index in [4.69, 9.17) is 4.74 Å². The van der Waals surface area contributed by atoms with Crippen molar-refractivity contribution in [1.82, 2.24) is 4.72 Å². The Hall–Kier alpha value is -0.300. The summed E-state index contributed by atoms with van der Waals surface area (Å²) in [6, 6.07) is 3.11. The Morgan fingerprint density at radius 2 is 2.05 bits per heavy atom. The molecule has 0 amide bonds. The van der Waals surface area contributed by atoms with Crippen molar-refractivity contribution >= 4 is 27.3 Å². The highest BCUT2D eigenvalue weighted by Gasteiger charge is 2.25. The van der Waals surface area contributed by atoms with Gasteiger partial charge in [-0.05, 0) is 51.3 Å². The minimum Gasteiger partial charge on any atom is -0.598 e. The van der Waals surface area contributed by atoms with Gasteiger partial charge in [0.25, 0.3) is 0 Å². The van der Waals surface area contributed by atoms with E-state index in [9.17, 15) is 8.94 Å². The van der Waals surface area contributed by atoms with E-state index in [1.807, 2.05) is 20.8 Å². The second-order valence-electron chi connectivity index (χ2n) is 5.46. The fourth-order valence-corrected chi connectivity index (χ4v) is 2.86. The summed E-state index contributed by atoms with van der Waals surface area (Å²) in [6.07, 6.45) is 1.49. The molecule has 1 atom stereocenters. The van der Waals surface area contributed by atoms with E-state index in [1.165, 1.54) is 13.2 Å². The highest BCUT2D eigenvalue weighted by Crippen LogP contribution is 2.27. The molecule has 0 saturated heterocycles. The maximum atomic E-state index is 13.6. The molecule has 0 spiro atoms. The fraction of sp³-hybridized carbons (Fsp3) is 0.571. The Bertz CT molecular complexity index is 452. The van der Waals surface area contributed by atoms with E-state index in [2.05, 4.69) is 20.7 Å². The van der Waals surface area contributed by atoms with E-state index in [0.29, 0.717) is 13.0 Å². The number of methoxy groups -OCH3 is 1. The highest BCUT2D eigenvalue weighted by atomic mass is 79.9. The van der Waals surface area contributed by atoms with Gasteiger partial charge in [0.1, 0.15) is 4.75 Å². The first-order valence-electron chi connectivity index (χ1n) is 6.43. The van der Waals surface area contributed by atoms with Gasteiger partial charge in [0.15, 0.2) is 11.6 Å². The molecule has 6 heteroatoms. The summed E-state index contributed by atoms with van der Waals surface area (Å²) in [5.41, 5.74) is 0.881. The maximum absolute atomic E-state index is 13.6. The molecular formula is C14H21BrFNO2S. The third kappa shape index (κ3) is 5.24. The number of hydrogen-bond acceptors (Lipinski definition) is 3. The van der Waals surface area contributed by atoms with Gasteiger partial charge in [0.2, 0.25) is 0 Å². The Morgan fingerprint density at radius 3 is 2.60 bits per heavy atom. The lowest BCUT2D eigenvalue weighted by atomic mass is 10.1. The normalized spacial score (nSPS) is 13.3. The van der Waals surface area contributed by atoms with Gasteiger partial charge in [-0.2, -0.15) is 0 Å². The van der Waals surface area contributed by atoms with Gasteiger partial charge in [-0.15, -0.1) is 4.72 Å². The van der Waals surface area contributed by atoms with E-state index >= 15 is 0 Å². The van der Waals surface area contributed by atoms with Crippen LogP contribution in [0.3, 0.4) is 0 Å². The largest absolute Gasteiger partial charge is 0.598 e. The number of rotatable bonds is 6. The first-order chi connectivity index (χ1) is 9.25. The average molecular weight is 366 g/mol. The molecule has 0 aliphatic carbocycles. The van der Waals surface area contributed by atoms with Crippen molar-refractivity contribution in [2.45, 2.75) is 38.4 Å². The molecule has 0 fully saturated rings. The second-order valence-corrected chi connectivity index (χ2v) is 8.36. The van der Waals surface area contributed by atoms with Crippen LogP contribution in [-0.2, 0) is 17.8 Å². The van der Waals surface area contributed by atoms with E-state index in [1.54, 1.807) is 6.07 Å². The zero-order valence-electron chi connectivity index (χ0n) is 12.3. The summed E-state index contributed by atoms with van der Waals surface area (Å²) in [4.78, 5) is 0. The number of nitrogens with one attached hydrogen (secondary N) is 1. The molecule has 1 aromatic rings. The van der Waals surface area contributed by atoms with Crippen LogP contribution in [0.4, 0.5) is 4.39 Å². The van der Waals surface area contributed by atoms with E-state index < -0.39 is 11.4 Å². The Morgan fingerprint density at radius 1 is 1.40 bits per heavy atom. The average Bonchev–Trinajstić information content (AvgIpc) is 2.36. The molecule has 1 aromatic carbocycles. The maximum Gasteiger partial charge on any atom is 0.165 e. The summed E-state index contributed by atoms with van der Waals surface area (Å²) >= 11 is 2.34. The summed E-state index contributed by atoms with van der Waals surface area (Å²) in [5.74, 6) is -0.135. The van der Waals surface area contributed by atoms with Crippen molar-refractivity contribution < 1.29 is 13.7 Å². The van der Waals surface area contributed by atoms with Gasteiger partial charge in [0, 0.05) is 22.4 Å². The first-order valence-corrected chi connectivity index (χ1v) is 8.37. The topological polar surface area (TPSA) is 44.3 Å². The molecule has 0 heterocycles. The molecule has 20 heavy (non-hydrogen) atoms. The molecule has 0 aliphatic rings. The van der Waals surface area contributed by atoms with Crippen LogP contribution in [0.25, 0.3) is 0 Å². The Kier molecular flexibility index (Phi) is 6.78. The van der Waals surface area contributed by atoms with Crippen molar-refractivity contribution in [3.8, 4) is 5.75 Å². The lowest BCUT2D eigenvalue weighted by Crippen LogP contribution is -2.39. The lowest BCUT2D eigenvalue weighted by Gasteiger charge is -2.23. The molecule has 3 nitrogen and oxygen atoms in total. The second kappa shape index (κ2) is 7.64. The zero-order valence-corrected chi connectivity index (χ0v) is 14.7. The van der Waals surface area contributed by atoms with Crippen LogP contribution in [0.15, 0.2) is 16.6 Å². The zero-order chi connectivity index (χ0) is 15.3. The monoisotopic (exact) mass is 365 g/mol. The standard InChI is InChI=1S/C14H21BrFNO2S/c1-14(2,3)20(18)17-7-5-6-10-8-12(16)13(19-4)9-11(10)15/h8-9,17H,5-7H2,1-4H3. The van der Waals surface area contributed by atoms with Gasteiger partial charge in [0.05, 0.1) is 7.11 Å². The molecule has 1 rings (SSSR count). The molecule has 0 bridgehead atoms. The van der Waals surface area contributed by atoms with Crippen LogP contribution >= 0.6 is 15.9 Å². The molecule has 0 saturated carbocycles. The SMILES string of the molecule is COc1cc(Br)c(CCCN[S+]([O-])C(C)(C)C)cc1F. The summed E-state index contributed by atoms with van der Waals surface area (Å²) < 4.78 is 33.9. The third-order valence-electron chi connectivity index (χ3n) is 2.73. The molecule has 0 radical (unpaired) electrons. The van der Waals surface area contributed by atoms with Gasteiger partial charge < -0.3 is 9.29 Å². The fourth-order valence-electron chi connectivity index (χ4n) is 1.58. The van der Waals surface area contributed by atoms with Crippen molar-refractivity contribution in [3.63, 3.8) is 0 Å². The molecule has 0 aliphatic heterocycles. The smallest absolute Gasteiger partial charge is 0.165 e. The van der Waals surface area contributed by atoms with Gasteiger partial charge in [-0.1, -0.05) is 15.9 Å². The van der Waals surface area contributed by atoms with Crippen LogP contribution in [-0.4, -0.2) is 23.0 Å². The van der Waals surface area contributed by atoms with Gasteiger partial charge in [-0.25, -0.2) is 4.39 Å². The van der Waals surface area contributed by atoms with E-state index in [-0.39, 0.29) is 16.3 Å². The number of hydrogen-bond donors (Lipinski definition) is 1. The van der Waals surface area contributed by atoms with Crippen LogP contribution in [0.1, 0.15) is 32.8 Å². The molecular weight excluding hydrogens is 345 g/mol. The van der Waals surface area contributed by atoms with Crippen LogP contribution in [0, 0.1) is 5.82 Å². The van der Waals surface area contributed by atoms with Crippen molar-refractivity contribution in [2.24, 2.45) is 0 Å². The summed E-state index contributed by atoms with van der Waals surface area (Å²) in [7, 11) is 1.44. The minimum absolute atomic E-state index is 0.229. The third-order valence-corrected chi connectivity index (χ3v) is 5.05. The first kappa shape index (κ1) is 17.8. The molecule has 1 unspecified atom stereocenters. The van der Waals surface area contributed by atoms with Gasteiger partial charge >= 0.3 is 0 Å². The predicted octanol–water partition coefficient (Wildman–Crippen LogP) is 3.58. The highest BCUT2D eigenvalue weighted by molar-refractivity contribution is 9.10. The molecule has 0 aromatic heterocycles. The number of halogens is 2. The molecule has 1 N–H and O–H groups in total. The lowest BCUT2D eigenvalue weighted by molar-refractivity contribution is 0.385. The number of benzene rings is 1. The van der Waals surface area contributed by atoms with E-state index in [0.717, 1.165) is 16.5 Å². The van der Waals surface area contributed by atoms with Crippen molar-refractivity contribution in [1.29, 1.82) is 0 Å². The molecule has 114 valence electrons. The van der Waals surface area contributed by atoms with Gasteiger partial charge in [-0.3, -0.25) is 0 Å². The number of aryl methyl sites for hydroxylation is 1. The van der Waals surface area contributed by atoms with Crippen LogP contribution in [0.5, 0.6) is 5.75 Å². The van der Waals surface area contributed by atoms with Crippen molar-refractivity contribution in [2.75, 3.05) is 13.7 Å². The Labute approximate surface area is 131 Å².